The van der Waals surface area contributed by atoms with E-state index in [1.165, 1.54) is 4.90 Å². The third-order valence-corrected chi connectivity index (χ3v) is 5.78. The fourth-order valence-corrected chi connectivity index (χ4v) is 3.90. The molecule has 1 aliphatic rings. The van der Waals surface area contributed by atoms with Crippen molar-refractivity contribution in [1.29, 1.82) is 5.26 Å². The van der Waals surface area contributed by atoms with E-state index in [-0.39, 0.29) is 6.04 Å². The molecule has 29 heavy (non-hydrogen) atoms. The van der Waals surface area contributed by atoms with Crippen LogP contribution in [0.25, 0.3) is 11.1 Å². The van der Waals surface area contributed by atoms with Gasteiger partial charge in [0.2, 0.25) is 0 Å². The maximum absolute atomic E-state index is 11.7. The van der Waals surface area contributed by atoms with Gasteiger partial charge in [0.05, 0.1) is 18.2 Å². The first-order valence-electron chi connectivity index (χ1n) is 10.1. The van der Waals surface area contributed by atoms with Crippen molar-refractivity contribution in [1.82, 2.24) is 4.90 Å². The molecule has 0 saturated heterocycles. The molecule has 1 N–H and O–H groups in total. The molecule has 0 heterocycles. The van der Waals surface area contributed by atoms with Gasteiger partial charge in [-0.25, -0.2) is 4.79 Å². The van der Waals surface area contributed by atoms with Crippen LogP contribution in [0.2, 0.25) is 0 Å². The third-order valence-electron chi connectivity index (χ3n) is 5.78. The van der Waals surface area contributed by atoms with E-state index in [0.29, 0.717) is 29.9 Å². The van der Waals surface area contributed by atoms with Gasteiger partial charge in [-0.15, -0.1) is 0 Å². The highest BCUT2D eigenvalue weighted by Crippen LogP contribution is 2.37. The lowest BCUT2D eigenvalue weighted by Crippen LogP contribution is -2.44. The Hall–Kier alpha value is -3.00. The summed E-state index contributed by atoms with van der Waals surface area (Å²) >= 11 is 0. The largest absolute Gasteiger partial charge is 0.492 e. The SMILES string of the molecule is CC1(C)CCC(N(CCOc2ccc(-c3cccc(C#N)c3)cc2)C(=O)O)CC1. The number of ether oxygens (including phenoxy) is 1. The maximum Gasteiger partial charge on any atom is 0.407 e. The molecule has 1 fully saturated rings. The lowest BCUT2D eigenvalue weighted by molar-refractivity contribution is 0.0805. The molecule has 0 radical (unpaired) electrons. The predicted molar refractivity (Wildman–Crippen MR) is 113 cm³/mol. The van der Waals surface area contributed by atoms with Crippen LogP contribution in [0, 0.1) is 16.7 Å². The standard InChI is InChI=1S/C24H28N2O3/c1-24(2)12-10-21(11-13-24)26(23(27)28)14-15-29-22-8-6-19(7-9-22)20-5-3-4-18(16-20)17-25/h3-9,16,21H,10-15H2,1-2H3,(H,27,28). The molecule has 2 aromatic carbocycles. The van der Waals surface area contributed by atoms with Gasteiger partial charge in [-0.05, 0) is 66.5 Å². The molecule has 1 saturated carbocycles. The minimum atomic E-state index is -0.869. The Kier molecular flexibility index (Phi) is 6.43. The summed E-state index contributed by atoms with van der Waals surface area (Å²) in [5, 5.41) is 18.6. The van der Waals surface area contributed by atoms with Crippen LogP contribution in [0.15, 0.2) is 48.5 Å². The van der Waals surface area contributed by atoms with Crippen molar-refractivity contribution in [3.63, 3.8) is 0 Å². The van der Waals surface area contributed by atoms with E-state index >= 15 is 0 Å². The molecule has 0 unspecified atom stereocenters. The molecule has 5 heteroatoms. The van der Waals surface area contributed by atoms with Gasteiger partial charge in [-0.2, -0.15) is 5.26 Å². The highest BCUT2D eigenvalue weighted by molar-refractivity contribution is 5.66. The van der Waals surface area contributed by atoms with E-state index in [0.717, 1.165) is 36.8 Å². The number of carboxylic acid groups (broad SMARTS) is 1. The van der Waals surface area contributed by atoms with E-state index in [1.807, 2.05) is 42.5 Å². The van der Waals surface area contributed by atoms with Crippen molar-refractivity contribution in [2.45, 2.75) is 45.6 Å². The minimum Gasteiger partial charge on any atom is -0.492 e. The molecular formula is C24H28N2O3. The second kappa shape index (κ2) is 9.00. The summed E-state index contributed by atoms with van der Waals surface area (Å²) in [5.74, 6) is 0.709. The quantitative estimate of drug-likeness (QED) is 0.699. The maximum atomic E-state index is 11.7. The first kappa shape index (κ1) is 20.7. The summed E-state index contributed by atoms with van der Waals surface area (Å²) in [4.78, 5) is 13.2. The molecule has 0 bridgehead atoms. The van der Waals surface area contributed by atoms with E-state index in [9.17, 15) is 9.90 Å². The van der Waals surface area contributed by atoms with Gasteiger partial charge >= 0.3 is 6.09 Å². The Balaban J connectivity index is 1.55. The Labute approximate surface area is 172 Å². The van der Waals surface area contributed by atoms with E-state index < -0.39 is 6.09 Å². The lowest BCUT2D eigenvalue weighted by atomic mass is 9.75. The Morgan fingerprint density at radius 3 is 2.48 bits per heavy atom. The van der Waals surface area contributed by atoms with Crippen LogP contribution in [0.5, 0.6) is 5.75 Å². The second-order valence-electron chi connectivity index (χ2n) is 8.44. The van der Waals surface area contributed by atoms with Crippen LogP contribution in [-0.4, -0.2) is 35.3 Å². The second-order valence-corrected chi connectivity index (χ2v) is 8.44. The number of carbonyl (C=O) groups is 1. The molecular weight excluding hydrogens is 364 g/mol. The minimum absolute atomic E-state index is 0.0823. The van der Waals surface area contributed by atoms with E-state index in [2.05, 4.69) is 19.9 Å². The summed E-state index contributed by atoms with van der Waals surface area (Å²) in [6.07, 6.45) is 3.06. The van der Waals surface area contributed by atoms with E-state index in [4.69, 9.17) is 10.00 Å². The van der Waals surface area contributed by atoms with Crippen LogP contribution >= 0.6 is 0 Å². The van der Waals surface area contributed by atoms with Crippen molar-refractivity contribution >= 4 is 6.09 Å². The normalized spacial score (nSPS) is 16.0. The lowest BCUT2D eigenvalue weighted by Gasteiger charge is -2.38. The number of nitrogens with zero attached hydrogens (tertiary/aromatic N) is 2. The zero-order valence-corrected chi connectivity index (χ0v) is 17.1. The molecule has 1 aliphatic carbocycles. The van der Waals surface area contributed by atoms with Crippen molar-refractivity contribution in [2.24, 2.45) is 5.41 Å². The highest BCUT2D eigenvalue weighted by Gasteiger charge is 2.32. The summed E-state index contributed by atoms with van der Waals surface area (Å²) in [7, 11) is 0. The van der Waals surface area contributed by atoms with Crippen LogP contribution < -0.4 is 4.74 Å². The number of hydrogen-bond acceptors (Lipinski definition) is 3. The summed E-state index contributed by atoms with van der Waals surface area (Å²) in [5.41, 5.74) is 2.92. The van der Waals surface area contributed by atoms with Crippen molar-refractivity contribution in [3.05, 3.63) is 54.1 Å². The molecule has 3 rings (SSSR count). The first-order chi connectivity index (χ1) is 13.9. The third kappa shape index (κ3) is 5.51. The molecule has 2 aromatic rings. The zero-order chi connectivity index (χ0) is 20.9. The Morgan fingerprint density at radius 2 is 1.86 bits per heavy atom. The van der Waals surface area contributed by atoms with Crippen LogP contribution in [0.4, 0.5) is 4.79 Å². The smallest absolute Gasteiger partial charge is 0.407 e. The molecule has 5 nitrogen and oxygen atoms in total. The van der Waals surface area contributed by atoms with Gasteiger partial charge < -0.3 is 14.7 Å². The molecule has 1 amide bonds. The van der Waals surface area contributed by atoms with Gasteiger partial charge in [0.15, 0.2) is 0 Å². The topological polar surface area (TPSA) is 73.6 Å². The zero-order valence-electron chi connectivity index (χ0n) is 17.1. The van der Waals surface area contributed by atoms with Crippen LogP contribution in [0.3, 0.4) is 0 Å². The number of benzene rings is 2. The van der Waals surface area contributed by atoms with Gasteiger partial charge in [0, 0.05) is 6.04 Å². The Bertz CT molecular complexity index is 874. The highest BCUT2D eigenvalue weighted by atomic mass is 16.5. The number of hydrogen-bond donors (Lipinski definition) is 1. The van der Waals surface area contributed by atoms with Crippen molar-refractivity contribution in [2.75, 3.05) is 13.2 Å². The van der Waals surface area contributed by atoms with Gasteiger partial charge in [0.1, 0.15) is 12.4 Å². The van der Waals surface area contributed by atoms with Gasteiger partial charge in [-0.1, -0.05) is 38.1 Å². The monoisotopic (exact) mass is 392 g/mol. The molecule has 152 valence electrons. The molecule has 0 aliphatic heterocycles. The van der Waals surface area contributed by atoms with Crippen LogP contribution in [0.1, 0.15) is 45.1 Å². The molecule has 0 atom stereocenters. The number of amides is 1. The average molecular weight is 392 g/mol. The number of rotatable bonds is 6. The summed E-state index contributed by atoms with van der Waals surface area (Å²) in [6, 6.07) is 17.3. The fourth-order valence-electron chi connectivity index (χ4n) is 3.90. The predicted octanol–water partition coefficient (Wildman–Crippen LogP) is 5.55. The molecule has 0 spiro atoms. The van der Waals surface area contributed by atoms with Gasteiger partial charge in [0.25, 0.3) is 0 Å². The molecule has 0 aromatic heterocycles. The fraction of sp³-hybridized carbons (Fsp3) is 0.417. The van der Waals surface area contributed by atoms with E-state index in [1.54, 1.807) is 6.07 Å². The summed E-state index contributed by atoms with van der Waals surface area (Å²) < 4.78 is 5.80. The van der Waals surface area contributed by atoms with Crippen LogP contribution in [-0.2, 0) is 0 Å². The van der Waals surface area contributed by atoms with Crippen molar-refractivity contribution < 1.29 is 14.6 Å². The van der Waals surface area contributed by atoms with Crippen molar-refractivity contribution in [3.8, 4) is 22.9 Å². The summed E-state index contributed by atoms with van der Waals surface area (Å²) in [6.45, 7) is 5.19. The number of nitriles is 1. The van der Waals surface area contributed by atoms with Gasteiger partial charge in [-0.3, -0.25) is 0 Å². The Morgan fingerprint density at radius 1 is 1.17 bits per heavy atom. The average Bonchev–Trinajstić information content (AvgIpc) is 2.72. The first-order valence-corrected chi connectivity index (χ1v) is 10.1.